The van der Waals surface area contributed by atoms with Gasteiger partial charge in [-0.2, -0.15) is 10.4 Å². The van der Waals surface area contributed by atoms with Crippen LogP contribution < -0.4 is 10.5 Å². The molecule has 1 fully saturated rings. The fraction of sp³-hybridized carbons (Fsp3) is 0.364. The van der Waals surface area contributed by atoms with Crippen molar-refractivity contribution < 1.29 is 4.74 Å². The molecule has 0 aliphatic carbocycles. The van der Waals surface area contributed by atoms with Gasteiger partial charge in [-0.3, -0.25) is 9.58 Å². The molecule has 152 valence electrons. The summed E-state index contributed by atoms with van der Waals surface area (Å²) in [6.07, 6.45) is 2.25. The molecule has 0 saturated carbocycles. The Morgan fingerprint density at radius 1 is 1.23 bits per heavy atom. The van der Waals surface area contributed by atoms with Crippen molar-refractivity contribution in [3.63, 3.8) is 0 Å². The van der Waals surface area contributed by atoms with E-state index in [1.807, 2.05) is 6.92 Å². The van der Waals surface area contributed by atoms with Gasteiger partial charge in [-0.15, -0.1) is 0 Å². The lowest BCUT2D eigenvalue weighted by Gasteiger charge is -2.47. The second-order valence-corrected chi connectivity index (χ2v) is 8.12. The average molecular weight is 401 g/mol. The largest absolute Gasteiger partial charge is 0.467 e. The van der Waals surface area contributed by atoms with Crippen LogP contribution in [0.3, 0.4) is 0 Å². The van der Waals surface area contributed by atoms with E-state index in [1.165, 1.54) is 11.1 Å². The van der Waals surface area contributed by atoms with E-state index >= 15 is 0 Å². The van der Waals surface area contributed by atoms with Crippen molar-refractivity contribution in [2.45, 2.75) is 38.5 Å². The molecule has 2 aromatic heterocycles. The van der Waals surface area contributed by atoms with Crippen molar-refractivity contribution in [1.29, 1.82) is 5.26 Å². The maximum Gasteiger partial charge on any atom is 0.258 e. The third-order valence-electron chi connectivity index (χ3n) is 6.28. The van der Waals surface area contributed by atoms with E-state index < -0.39 is 0 Å². The molecule has 1 aromatic carbocycles. The standard InChI is InChI=1S/C22H23N7O/c1-11-5-6-13-14(7-11)12(2)30-22-21(24)25-10-15(26-22)19-18(9-23)29(4)27-20(19)17-8-16(13)28(17)3/h5-7,10,12,16-17H,8H2,1-4H3,(H2,24,25)/t12-,16?,17?/m1/s1. The lowest BCUT2D eigenvalue weighted by molar-refractivity contribution is 0.0374. The molecule has 2 unspecified atom stereocenters. The monoisotopic (exact) mass is 401 g/mol. The van der Waals surface area contributed by atoms with Crippen molar-refractivity contribution in [3.05, 3.63) is 52.5 Å². The first-order chi connectivity index (χ1) is 14.4. The highest BCUT2D eigenvalue weighted by Crippen LogP contribution is 2.50. The summed E-state index contributed by atoms with van der Waals surface area (Å²) in [5.74, 6) is 0.497. The number of nitrogens with two attached hydrogens (primary N) is 1. The van der Waals surface area contributed by atoms with Crippen molar-refractivity contribution in [2.75, 3.05) is 12.8 Å². The van der Waals surface area contributed by atoms with E-state index in [9.17, 15) is 5.26 Å². The fourth-order valence-electron chi connectivity index (χ4n) is 4.60. The summed E-state index contributed by atoms with van der Waals surface area (Å²) in [7, 11) is 3.88. The summed E-state index contributed by atoms with van der Waals surface area (Å²) in [6.45, 7) is 4.08. The van der Waals surface area contributed by atoms with Crippen LogP contribution in [0.5, 0.6) is 5.88 Å². The quantitative estimate of drug-likeness (QED) is 0.616. The third-order valence-corrected chi connectivity index (χ3v) is 6.28. The van der Waals surface area contributed by atoms with Gasteiger partial charge in [0.1, 0.15) is 17.9 Å². The lowest BCUT2D eigenvalue weighted by atomic mass is 9.81. The van der Waals surface area contributed by atoms with Crippen LogP contribution in [0.15, 0.2) is 24.4 Å². The minimum atomic E-state index is -0.248. The van der Waals surface area contributed by atoms with E-state index in [2.05, 4.69) is 53.1 Å². The van der Waals surface area contributed by atoms with E-state index in [0.717, 1.165) is 17.7 Å². The molecule has 0 spiro atoms. The van der Waals surface area contributed by atoms with Gasteiger partial charge >= 0.3 is 0 Å². The molecule has 3 aromatic rings. The molecular weight excluding hydrogens is 378 g/mol. The number of nitrogen functional groups attached to an aromatic ring is 1. The Labute approximate surface area is 174 Å². The topological polar surface area (TPSA) is 106 Å². The predicted octanol–water partition coefficient (Wildman–Crippen LogP) is 3.21. The minimum Gasteiger partial charge on any atom is -0.467 e. The van der Waals surface area contributed by atoms with Crippen LogP contribution in [-0.4, -0.2) is 31.7 Å². The van der Waals surface area contributed by atoms with Gasteiger partial charge in [0.05, 0.1) is 29.2 Å². The minimum absolute atomic E-state index is 0.0888. The average Bonchev–Trinajstić information content (AvgIpc) is 3.04. The summed E-state index contributed by atoms with van der Waals surface area (Å²) < 4.78 is 7.82. The molecule has 1 saturated heterocycles. The van der Waals surface area contributed by atoms with Crippen molar-refractivity contribution in [2.24, 2.45) is 7.05 Å². The van der Waals surface area contributed by atoms with Crippen molar-refractivity contribution >= 4 is 5.82 Å². The number of hydrogen-bond acceptors (Lipinski definition) is 7. The Bertz CT molecular complexity index is 1210. The second-order valence-electron chi connectivity index (χ2n) is 8.12. The molecule has 4 bridgehead atoms. The first-order valence-electron chi connectivity index (χ1n) is 9.98. The summed E-state index contributed by atoms with van der Waals surface area (Å²) in [4.78, 5) is 11.3. The van der Waals surface area contributed by atoms with Gasteiger partial charge in [0.15, 0.2) is 5.82 Å². The molecule has 3 aliphatic rings. The highest BCUT2D eigenvalue weighted by Gasteiger charge is 2.43. The van der Waals surface area contributed by atoms with Gasteiger partial charge in [-0.25, -0.2) is 9.97 Å². The van der Waals surface area contributed by atoms with Gasteiger partial charge in [-0.1, -0.05) is 23.8 Å². The lowest BCUT2D eigenvalue weighted by Crippen LogP contribution is -2.42. The molecule has 8 heteroatoms. The number of benzene rings is 1. The smallest absolute Gasteiger partial charge is 0.258 e. The number of ether oxygens (including phenoxy) is 1. The molecule has 0 amide bonds. The van der Waals surface area contributed by atoms with Crippen LogP contribution in [0.25, 0.3) is 11.3 Å². The highest BCUT2D eigenvalue weighted by molar-refractivity contribution is 5.70. The predicted molar refractivity (Wildman–Crippen MR) is 111 cm³/mol. The van der Waals surface area contributed by atoms with Gasteiger partial charge in [0, 0.05) is 13.1 Å². The van der Waals surface area contributed by atoms with Crippen LogP contribution in [0.1, 0.15) is 59.6 Å². The number of fused-ring (bicyclic) bond motifs is 1. The molecule has 3 atom stereocenters. The van der Waals surface area contributed by atoms with Crippen LogP contribution in [0.4, 0.5) is 5.82 Å². The van der Waals surface area contributed by atoms with Crippen LogP contribution in [0.2, 0.25) is 0 Å². The van der Waals surface area contributed by atoms with Gasteiger partial charge in [0.2, 0.25) is 0 Å². The number of nitriles is 1. The second kappa shape index (κ2) is 6.54. The van der Waals surface area contributed by atoms with Gasteiger partial charge in [0.25, 0.3) is 5.88 Å². The molecule has 0 radical (unpaired) electrons. The zero-order valence-electron chi connectivity index (χ0n) is 17.4. The molecule has 5 heterocycles. The third kappa shape index (κ3) is 2.59. The Hall–Kier alpha value is -3.44. The maximum absolute atomic E-state index is 9.77. The van der Waals surface area contributed by atoms with Crippen LogP contribution in [-0.2, 0) is 7.05 Å². The SMILES string of the molecule is Cc1ccc2c(c1)[C@@H](C)Oc1nc(cnc1N)-c1c(nn(C)c1C#N)C1CC2N1C. The molecule has 3 aliphatic heterocycles. The molecule has 8 nitrogen and oxygen atoms in total. The Kier molecular flexibility index (Phi) is 4.05. The molecule has 6 rings (SSSR count). The first-order valence-corrected chi connectivity index (χ1v) is 9.98. The Balaban J connectivity index is 1.77. The summed E-state index contributed by atoms with van der Waals surface area (Å²) >= 11 is 0. The fourth-order valence-corrected chi connectivity index (χ4v) is 4.60. The van der Waals surface area contributed by atoms with Crippen LogP contribution >= 0.6 is 0 Å². The molecule has 30 heavy (non-hydrogen) atoms. The number of hydrogen-bond donors (Lipinski definition) is 1. The number of aryl methyl sites for hydroxylation is 2. The summed E-state index contributed by atoms with van der Waals surface area (Å²) in [5, 5.41) is 14.5. The highest BCUT2D eigenvalue weighted by atomic mass is 16.5. The Morgan fingerprint density at radius 3 is 2.77 bits per heavy atom. The normalized spacial score (nSPS) is 22.4. The van der Waals surface area contributed by atoms with E-state index in [-0.39, 0.29) is 29.9 Å². The van der Waals surface area contributed by atoms with E-state index in [0.29, 0.717) is 17.0 Å². The molecular formula is C22H23N7O. The summed E-state index contributed by atoms with van der Waals surface area (Å²) in [6, 6.07) is 9.08. The van der Waals surface area contributed by atoms with E-state index in [1.54, 1.807) is 17.9 Å². The number of nitrogens with zero attached hydrogens (tertiary/aromatic N) is 6. The van der Waals surface area contributed by atoms with Crippen molar-refractivity contribution in [1.82, 2.24) is 24.6 Å². The zero-order chi connectivity index (χ0) is 21.2. The van der Waals surface area contributed by atoms with Crippen LogP contribution in [0, 0.1) is 18.3 Å². The Morgan fingerprint density at radius 2 is 2.03 bits per heavy atom. The number of aromatic nitrogens is 4. The maximum atomic E-state index is 9.77. The summed E-state index contributed by atoms with van der Waals surface area (Å²) in [5.41, 5.74) is 12.1. The molecule has 2 N–H and O–H groups in total. The number of rotatable bonds is 0. The first kappa shape index (κ1) is 18.6. The van der Waals surface area contributed by atoms with Gasteiger partial charge < -0.3 is 10.5 Å². The van der Waals surface area contributed by atoms with E-state index in [4.69, 9.17) is 15.6 Å². The van der Waals surface area contributed by atoms with Gasteiger partial charge in [-0.05, 0) is 38.4 Å². The van der Waals surface area contributed by atoms with Crippen molar-refractivity contribution in [3.8, 4) is 23.2 Å². The number of anilines is 1. The zero-order valence-corrected chi connectivity index (χ0v) is 17.4.